The maximum absolute atomic E-state index is 12.9. The van der Waals surface area contributed by atoms with Crippen LogP contribution in [0.5, 0.6) is 0 Å². The molecule has 3 nitrogen and oxygen atoms in total. The quantitative estimate of drug-likeness (QED) is 0.726. The molecule has 18 heavy (non-hydrogen) atoms. The fraction of sp³-hybridized carbons (Fsp3) is 0.143. The Kier molecular flexibility index (Phi) is 3.79. The topological polar surface area (TPSA) is 58.3 Å². The van der Waals surface area contributed by atoms with E-state index < -0.39 is 0 Å². The lowest BCUT2D eigenvalue weighted by Gasteiger charge is -2.12. The Balaban J connectivity index is 2.40. The van der Waals surface area contributed by atoms with Crippen LogP contribution in [0.2, 0.25) is 0 Å². The molecule has 0 aliphatic rings. The number of rotatable bonds is 4. The van der Waals surface area contributed by atoms with Gasteiger partial charge in [0.2, 0.25) is 0 Å². The molecule has 94 valence electrons. The Morgan fingerprint density at radius 3 is 2.50 bits per heavy atom. The summed E-state index contributed by atoms with van der Waals surface area (Å²) in [7, 11) is 0. The highest BCUT2D eigenvalue weighted by Crippen LogP contribution is 2.30. The Labute approximate surface area is 105 Å². The standard InChI is InChI=1S/C14H15FN2O/c15-11-3-1-10(2-4-11)13-9-12(16)5-6-14(13)17-7-8-18/h1-6,9,17-18H,7-8,16H2. The summed E-state index contributed by atoms with van der Waals surface area (Å²) in [6.45, 7) is 0.505. The molecule has 0 radical (unpaired) electrons. The summed E-state index contributed by atoms with van der Waals surface area (Å²) in [4.78, 5) is 0. The SMILES string of the molecule is Nc1ccc(NCCO)c(-c2ccc(F)cc2)c1. The third-order valence-electron chi connectivity index (χ3n) is 2.63. The van der Waals surface area contributed by atoms with Crippen molar-refractivity contribution in [1.29, 1.82) is 0 Å². The highest BCUT2D eigenvalue weighted by atomic mass is 19.1. The van der Waals surface area contributed by atoms with Crippen molar-refractivity contribution in [1.82, 2.24) is 0 Å². The number of nitrogen functional groups attached to an aromatic ring is 1. The largest absolute Gasteiger partial charge is 0.399 e. The molecule has 0 bridgehead atoms. The van der Waals surface area contributed by atoms with Crippen LogP contribution < -0.4 is 11.1 Å². The lowest BCUT2D eigenvalue weighted by Crippen LogP contribution is -2.06. The molecule has 2 aromatic rings. The molecule has 0 heterocycles. The van der Waals surface area contributed by atoms with Crippen LogP contribution in [0.4, 0.5) is 15.8 Å². The van der Waals surface area contributed by atoms with Crippen molar-refractivity contribution in [2.45, 2.75) is 0 Å². The molecule has 4 N–H and O–H groups in total. The lowest BCUT2D eigenvalue weighted by atomic mass is 10.0. The van der Waals surface area contributed by atoms with E-state index >= 15 is 0 Å². The Hall–Kier alpha value is -2.07. The van der Waals surface area contributed by atoms with Crippen molar-refractivity contribution in [3.05, 3.63) is 48.3 Å². The highest BCUT2D eigenvalue weighted by Gasteiger charge is 2.05. The average molecular weight is 246 g/mol. The molecule has 0 atom stereocenters. The fourth-order valence-electron chi connectivity index (χ4n) is 1.77. The maximum atomic E-state index is 12.9. The monoisotopic (exact) mass is 246 g/mol. The van der Waals surface area contributed by atoms with E-state index in [9.17, 15) is 4.39 Å². The van der Waals surface area contributed by atoms with Crippen LogP contribution in [0.25, 0.3) is 11.1 Å². The molecular weight excluding hydrogens is 231 g/mol. The van der Waals surface area contributed by atoms with Crippen LogP contribution in [0.15, 0.2) is 42.5 Å². The first kappa shape index (κ1) is 12.4. The van der Waals surface area contributed by atoms with E-state index in [2.05, 4.69) is 5.32 Å². The Bertz CT molecular complexity index is 526. The first-order valence-electron chi connectivity index (χ1n) is 5.71. The Morgan fingerprint density at radius 1 is 1.11 bits per heavy atom. The minimum Gasteiger partial charge on any atom is -0.399 e. The predicted octanol–water partition coefficient (Wildman–Crippen LogP) is 2.48. The maximum Gasteiger partial charge on any atom is 0.123 e. The minimum atomic E-state index is -0.271. The molecule has 2 rings (SSSR count). The van der Waals surface area contributed by atoms with Crippen LogP contribution in [-0.4, -0.2) is 18.3 Å². The summed E-state index contributed by atoms with van der Waals surface area (Å²) in [5, 5.41) is 11.9. The molecule has 0 spiro atoms. The third-order valence-corrected chi connectivity index (χ3v) is 2.63. The predicted molar refractivity (Wildman–Crippen MR) is 71.8 cm³/mol. The first-order valence-corrected chi connectivity index (χ1v) is 5.71. The number of benzene rings is 2. The molecule has 0 aliphatic heterocycles. The van der Waals surface area contributed by atoms with Gasteiger partial charge in [-0.05, 0) is 35.9 Å². The van der Waals surface area contributed by atoms with Crippen LogP contribution in [-0.2, 0) is 0 Å². The van der Waals surface area contributed by atoms with E-state index in [1.807, 2.05) is 12.1 Å². The van der Waals surface area contributed by atoms with Crippen molar-refractivity contribution in [2.24, 2.45) is 0 Å². The minimum absolute atomic E-state index is 0.0488. The van der Waals surface area contributed by atoms with Crippen LogP contribution in [0.1, 0.15) is 0 Å². The van der Waals surface area contributed by atoms with E-state index in [0.717, 1.165) is 16.8 Å². The number of hydrogen-bond acceptors (Lipinski definition) is 3. The molecule has 0 saturated carbocycles. The first-order chi connectivity index (χ1) is 8.70. The Morgan fingerprint density at radius 2 is 1.83 bits per heavy atom. The molecule has 2 aromatic carbocycles. The molecule has 0 saturated heterocycles. The molecule has 0 amide bonds. The van der Waals surface area contributed by atoms with Crippen molar-refractivity contribution in [3.63, 3.8) is 0 Å². The normalized spacial score (nSPS) is 10.3. The summed E-state index contributed by atoms with van der Waals surface area (Å²) < 4.78 is 12.9. The number of hydrogen-bond donors (Lipinski definition) is 3. The lowest BCUT2D eigenvalue weighted by molar-refractivity contribution is 0.311. The average Bonchev–Trinajstić information content (AvgIpc) is 2.38. The summed E-state index contributed by atoms with van der Waals surface area (Å²) >= 11 is 0. The van der Waals surface area contributed by atoms with E-state index in [0.29, 0.717) is 12.2 Å². The second-order valence-corrected chi connectivity index (χ2v) is 3.96. The van der Waals surface area contributed by atoms with Gasteiger partial charge in [-0.15, -0.1) is 0 Å². The zero-order valence-corrected chi connectivity index (χ0v) is 9.86. The molecular formula is C14H15FN2O. The van der Waals surface area contributed by atoms with Gasteiger partial charge in [0.25, 0.3) is 0 Å². The number of halogens is 1. The molecule has 0 aliphatic carbocycles. The van der Waals surface area contributed by atoms with Gasteiger partial charge in [-0.2, -0.15) is 0 Å². The number of anilines is 2. The van der Waals surface area contributed by atoms with Crippen molar-refractivity contribution < 1.29 is 9.50 Å². The zero-order chi connectivity index (χ0) is 13.0. The number of aliphatic hydroxyl groups is 1. The summed E-state index contributed by atoms with van der Waals surface area (Å²) in [6.07, 6.45) is 0. The van der Waals surface area contributed by atoms with Gasteiger partial charge in [0, 0.05) is 23.5 Å². The summed E-state index contributed by atoms with van der Waals surface area (Å²) in [5.74, 6) is -0.271. The molecule has 0 fully saturated rings. The summed E-state index contributed by atoms with van der Waals surface area (Å²) in [5.41, 5.74) is 9.05. The van der Waals surface area contributed by atoms with Crippen LogP contribution in [0.3, 0.4) is 0 Å². The van der Waals surface area contributed by atoms with E-state index in [1.165, 1.54) is 12.1 Å². The number of aliphatic hydroxyl groups excluding tert-OH is 1. The number of nitrogens with two attached hydrogens (primary N) is 1. The van der Waals surface area contributed by atoms with Crippen molar-refractivity contribution >= 4 is 11.4 Å². The van der Waals surface area contributed by atoms with Gasteiger partial charge in [-0.25, -0.2) is 4.39 Å². The van der Waals surface area contributed by atoms with Gasteiger partial charge < -0.3 is 16.2 Å². The fourth-order valence-corrected chi connectivity index (χ4v) is 1.77. The molecule has 0 unspecified atom stereocenters. The van der Waals surface area contributed by atoms with Crippen LogP contribution >= 0.6 is 0 Å². The smallest absolute Gasteiger partial charge is 0.123 e. The summed E-state index contributed by atoms with van der Waals surface area (Å²) in [6, 6.07) is 11.7. The van der Waals surface area contributed by atoms with E-state index in [4.69, 9.17) is 10.8 Å². The zero-order valence-electron chi connectivity index (χ0n) is 9.86. The second kappa shape index (κ2) is 5.51. The van der Waals surface area contributed by atoms with Gasteiger partial charge in [-0.3, -0.25) is 0 Å². The van der Waals surface area contributed by atoms with Gasteiger partial charge in [0.15, 0.2) is 0 Å². The number of nitrogens with one attached hydrogen (secondary N) is 1. The molecule has 0 aromatic heterocycles. The van der Waals surface area contributed by atoms with Crippen molar-refractivity contribution in [3.8, 4) is 11.1 Å². The van der Waals surface area contributed by atoms with Gasteiger partial charge in [0.05, 0.1) is 6.61 Å². The van der Waals surface area contributed by atoms with Gasteiger partial charge >= 0.3 is 0 Å². The van der Waals surface area contributed by atoms with E-state index in [-0.39, 0.29) is 12.4 Å². The second-order valence-electron chi connectivity index (χ2n) is 3.96. The highest BCUT2D eigenvalue weighted by molar-refractivity contribution is 5.80. The van der Waals surface area contributed by atoms with Gasteiger partial charge in [0.1, 0.15) is 5.82 Å². The van der Waals surface area contributed by atoms with E-state index in [1.54, 1.807) is 18.2 Å². The van der Waals surface area contributed by atoms with Crippen LogP contribution in [0, 0.1) is 5.82 Å². The third kappa shape index (κ3) is 2.78. The van der Waals surface area contributed by atoms with Gasteiger partial charge in [-0.1, -0.05) is 12.1 Å². The van der Waals surface area contributed by atoms with Crippen molar-refractivity contribution in [2.75, 3.05) is 24.2 Å². The molecule has 4 heteroatoms.